The topological polar surface area (TPSA) is 90.2 Å². The molecule has 1 N–H and O–H groups in total. The molecule has 0 saturated carbocycles. The van der Waals surface area contributed by atoms with Crippen LogP contribution in [0.5, 0.6) is 0 Å². The Morgan fingerprint density at radius 3 is 2.53 bits per heavy atom. The Bertz CT molecular complexity index is 825. The van der Waals surface area contributed by atoms with Crippen LogP contribution in [0.3, 0.4) is 0 Å². The molecule has 32 heavy (non-hydrogen) atoms. The van der Waals surface area contributed by atoms with Gasteiger partial charge in [-0.1, -0.05) is 29.4 Å². The van der Waals surface area contributed by atoms with E-state index in [1.54, 1.807) is 0 Å². The molecule has 1 aromatic carbocycles. The van der Waals surface area contributed by atoms with E-state index in [9.17, 15) is 4.79 Å². The third kappa shape index (κ3) is 5.85. The number of ether oxygens (including phenoxy) is 1. The summed E-state index contributed by atoms with van der Waals surface area (Å²) in [5.74, 6) is -0.771. The number of hydrogen-bond acceptors (Lipinski definition) is 8. The molecule has 3 aliphatic heterocycles. The Kier molecular flexibility index (Phi) is 7.39. The van der Waals surface area contributed by atoms with E-state index < -0.39 is 5.97 Å². The van der Waals surface area contributed by atoms with Crippen molar-refractivity contribution in [3.63, 3.8) is 0 Å². The van der Waals surface area contributed by atoms with Crippen molar-refractivity contribution in [1.82, 2.24) is 14.8 Å². The van der Waals surface area contributed by atoms with Crippen molar-refractivity contribution in [3.05, 3.63) is 35.4 Å². The fourth-order valence-corrected chi connectivity index (χ4v) is 4.65. The van der Waals surface area contributed by atoms with E-state index in [-0.39, 0.29) is 24.7 Å². The SMILES string of the molecule is CC1CN(CC2CC(c3ccc(/C=N/N4CCOCC4)cc3)=NO2)CC(C)N1CC(=O)O. The minimum absolute atomic E-state index is 0.0259. The van der Waals surface area contributed by atoms with Gasteiger partial charge in [0.05, 0.1) is 44.8 Å². The van der Waals surface area contributed by atoms with E-state index >= 15 is 0 Å². The number of piperazine rings is 1. The lowest BCUT2D eigenvalue weighted by Gasteiger charge is -2.44. The van der Waals surface area contributed by atoms with E-state index in [1.165, 1.54) is 0 Å². The summed E-state index contributed by atoms with van der Waals surface area (Å²) in [5.41, 5.74) is 3.10. The fourth-order valence-electron chi connectivity index (χ4n) is 4.65. The first-order valence-corrected chi connectivity index (χ1v) is 11.4. The summed E-state index contributed by atoms with van der Waals surface area (Å²) in [7, 11) is 0. The van der Waals surface area contributed by atoms with E-state index in [2.05, 4.69) is 58.2 Å². The molecule has 0 spiro atoms. The minimum Gasteiger partial charge on any atom is -0.480 e. The van der Waals surface area contributed by atoms with Gasteiger partial charge in [-0.25, -0.2) is 0 Å². The molecule has 3 atom stereocenters. The van der Waals surface area contributed by atoms with Crippen molar-refractivity contribution in [2.45, 2.75) is 38.5 Å². The second-order valence-corrected chi connectivity index (χ2v) is 8.88. The van der Waals surface area contributed by atoms with Gasteiger partial charge in [-0.2, -0.15) is 5.10 Å². The van der Waals surface area contributed by atoms with Gasteiger partial charge in [0, 0.05) is 38.1 Å². The van der Waals surface area contributed by atoms with E-state index in [0.29, 0.717) is 0 Å². The minimum atomic E-state index is -0.771. The van der Waals surface area contributed by atoms with Crippen LogP contribution in [0, 0.1) is 0 Å². The van der Waals surface area contributed by atoms with Crippen molar-refractivity contribution in [2.75, 3.05) is 52.5 Å². The summed E-state index contributed by atoms with van der Waals surface area (Å²) in [6.45, 7) is 9.87. The third-order valence-electron chi connectivity index (χ3n) is 6.29. The quantitative estimate of drug-likeness (QED) is 0.636. The summed E-state index contributed by atoms with van der Waals surface area (Å²) < 4.78 is 5.34. The number of hydrogen-bond donors (Lipinski definition) is 1. The molecule has 0 aromatic heterocycles. The number of oxime groups is 1. The fraction of sp³-hybridized carbons (Fsp3) is 0.609. The maximum absolute atomic E-state index is 11.1. The van der Waals surface area contributed by atoms with Crippen LogP contribution in [0.25, 0.3) is 0 Å². The number of carbonyl (C=O) groups is 1. The monoisotopic (exact) mass is 443 g/mol. The van der Waals surface area contributed by atoms with Gasteiger partial charge in [0.1, 0.15) is 6.10 Å². The van der Waals surface area contributed by atoms with Gasteiger partial charge in [-0.05, 0) is 25.0 Å². The summed E-state index contributed by atoms with van der Waals surface area (Å²) in [6, 6.07) is 8.65. The van der Waals surface area contributed by atoms with Crippen LogP contribution in [0.15, 0.2) is 34.5 Å². The second kappa shape index (κ2) is 10.4. The molecule has 0 bridgehead atoms. The number of hydrazone groups is 1. The number of morpholine rings is 1. The smallest absolute Gasteiger partial charge is 0.317 e. The van der Waals surface area contributed by atoms with Crippen LogP contribution in [0.4, 0.5) is 0 Å². The zero-order valence-corrected chi connectivity index (χ0v) is 18.9. The molecule has 9 nitrogen and oxygen atoms in total. The molecule has 0 aliphatic carbocycles. The van der Waals surface area contributed by atoms with Crippen molar-refractivity contribution < 1.29 is 19.5 Å². The Balaban J connectivity index is 1.26. The van der Waals surface area contributed by atoms with Crippen molar-refractivity contribution >= 4 is 17.9 Å². The largest absolute Gasteiger partial charge is 0.480 e. The lowest BCUT2D eigenvalue weighted by atomic mass is 10.0. The highest BCUT2D eigenvalue weighted by Crippen LogP contribution is 2.21. The molecule has 3 heterocycles. The third-order valence-corrected chi connectivity index (χ3v) is 6.29. The van der Waals surface area contributed by atoms with Crippen LogP contribution in [-0.4, -0.2) is 108 Å². The van der Waals surface area contributed by atoms with Crippen molar-refractivity contribution in [3.8, 4) is 0 Å². The van der Waals surface area contributed by atoms with Crippen LogP contribution in [-0.2, 0) is 14.4 Å². The standard InChI is InChI=1S/C23H33N5O4/c1-17-13-26(14-18(2)28(17)16-23(29)30)15-21-11-22(25-32-21)20-5-3-19(4-6-20)12-24-27-7-9-31-10-8-27/h3-6,12,17-18,21H,7-11,13-16H2,1-2H3,(H,29,30)/b24-12+. The number of aliphatic carboxylic acids is 1. The Labute approximate surface area is 189 Å². The van der Waals surface area contributed by atoms with Crippen LogP contribution in [0.1, 0.15) is 31.4 Å². The number of benzene rings is 1. The second-order valence-electron chi connectivity index (χ2n) is 8.88. The van der Waals surface area contributed by atoms with Gasteiger partial charge in [0.2, 0.25) is 0 Å². The highest BCUT2D eigenvalue weighted by atomic mass is 16.6. The summed E-state index contributed by atoms with van der Waals surface area (Å²) in [5, 5.41) is 20.0. The molecule has 4 rings (SSSR count). The predicted molar refractivity (Wildman–Crippen MR) is 122 cm³/mol. The van der Waals surface area contributed by atoms with E-state index in [1.807, 2.05) is 11.2 Å². The maximum atomic E-state index is 11.1. The lowest BCUT2D eigenvalue weighted by Crippen LogP contribution is -2.58. The van der Waals surface area contributed by atoms with Gasteiger partial charge in [0.15, 0.2) is 0 Å². The molecule has 0 radical (unpaired) electrons. The highest BCUT2D eigenvalue weighted by Gasteiger charge is 2.33. The number of carboxylic acid groups (broad SMARTS) is 1. The van der Waals surface area contributed by atoms with Crippen LogP contribution < -0.4 is 0 Å². The van der Waals surface area contributed by atoms with Crippen LogP contribution >= 0.6 is 0 Å². The summed E-state index contributed by atoms with van der Waals surface area (Å²) in [4.78, 5) is 21.3. The Morgan fingerprint density at radius 2 is 1.88 bits per heavy atom. The first-order chi connectivity index (χ1) is 15.5. The average Bonchev–Trinajstić information content (AvgIpc) is 3.24. The van der Waals surface area contributed by atoms with Gasteiger partial charge >= 0.3 is 5.97 Å². The zero-order valence-electron chi connectivity index (χ0n) is 18.9. The predicted octanol–water partition coefficient (Wildman–Crippen LogP) is 1.32. The van der Waals surface area contributed by atoms with Gasteiger partial charge in [-0.3, -0.25) is 19.6 Å². The molecule has 1 aromatic rings. The Morgan fingerprint density at radius 1 is 1.19 bits per heavy atom. The lowest BCUT2D eigenvalue weighted by molar-refractivity contribution is -0.140. The van der Waals surface area contributed by atoms with E-state index in [4.69, 9.17) is 14.7 Å². The normalized spacial score (nSPS) is 27.5. The van der Waals surface area contributed by atoms with Gasteiger partial charge in [-0.15, -0.1) is 0 Å². The molecule has 2 fully saturated rings. The molecule has 3 unspecified atom stereocenters. The summed E-state index contributed by atoms with van der Waals surface area (Å²) in [6.07, 6.45) is 2.69. The highest BCUT2D eigenvalue weighted by molar-refractivity contribution is 6.01. The van der Waals surface area contributed by atoms with Gasteiger partial charge in [0.25, 0.3) is 0 Å². The molecule has 0 amide bonds. The summed E-state index contributed by atoms with van der Waals surface area (Å²) >= 11 is 0. The molecule has 174 valence electrons. The molecule has 3 aliphatic rings. The van der Waals surface area contributed by atoms with Crippen molar-refractivity contribution in [2.24, 2.45) is 10.3 Å². The maximum Gasteiger partial charge on any atom is 0.317 e. The Hall–Kier alpha value is -2.49. The number of carboxylic acids is 1. The van der Waals surface area contributed by atoms with E-state index in [0.717, 1.165) is 69.2 Å². The first kappa shape index (κ1) is 22.7. The molecular formula is C23H33N5O4. The van der Waals surface area contributed by atoms with Crippen molar-refractivity contribution in [1.29, 1.82) is 0 Å². The zero-order chi connectivity index (χ0) is 22.5. The molecule has 2 saturated heterocycles. The average molecular weight is 444 g/mol. The van der Waals surface area contributed by atoms with Crippen LogP contribution in [0.2, 0.25) is 0 Å². The molecular weight excluding hydrogens is 410 g/mol. The van der Waals surface area contributed by atoms with Gasteiger partial charge < -0.3 is 14.7 Å². The number of nitrogens with zero attached hydrogens (tertiary/aromatic N) is 5. The first-order valence-electron chi connectivity index (χ1n) is 11.4. The number of rotatable bonds is 7. The molecule has 9 heteroatoms.